The molecule has 27 heavy (non-hydrogen) atoms. The zero-order valence-corrected chi connectivity index (χ0v) is 16.3. The van der Waals surface area contributed by atoms with Gasteiger partial charge in [-0.3, -0.25) is 4.79 Å². The fraction of sp³-hybridized carbons (Fsp3) is 0.300. The lowest BCUT2D eigenvalue weighted by Crippen LogP contribution is -2.31. The van der Waals surface area contributed by atoms with Crippen LogP contribution < -0.4 is 10.1 Å². The van der Waals surface area contributed by atoms with Crippen LogP contribution in [0.4, 0.5) is 10.1 Å². The van der Waals surface area contributed by atoms with Gasteiger partial charge in [0.05, 0.1) is 10.7 Å². The van der Waals surface area contributed by atoms with Gasteiger partial charge >= 0.3 is 5.97 Å². The lowest BCUT2D eigenvalue weighted by Gasteiger charge is -2.16. The van der Waals surface area contributed by atoms with Crippen molar-refractivity contribution in [3.8, 4) is 5.75 Å². The molecule has 144 valence electrons. The Labute approximate surface area is 162 Å². The van der Waals surface area contributed by atoms with Gasteiger partial charge in [-0.2, -0.15) is 0 Å². The molecule has 2 rings (SSSR count). The summed E-state index contributed by atoms with van der Waals surface area (Å²) in [6, 6.07) is 7.48. The van der Waals surface area contributed by atoms with Gasteiger partial charge in [-0.05, 0) is 57.0 Å². The first-order chi connectivity index (χ1) is 12.7. The summed E-state index contributed by atoms with van der Waals surface area (Å²) < 4.78 is 23.7. The normalized spacial score (nSPS) is 11.6. The summed E-state index contributed by atoms with van der Waals surface area (Å²) in [5.41, 5.74) is 3.16. The Kier molecular flexibility index (Phi) is 6.80. The van der Waals surface area contributed by atoms with E-state index in [1.54, 1.807) is 0 Å². The standard InChI is InChI=1S/C20H21ClFNO4/c1-11-7-12(2)19(13(3)8-11)26-10-18(24)27-14(4)20(25)23-17-6-5-15(22)9-16(17)21/h5-9,14H,10H2,1-4H3,(H,23,25)/t14-/m1/s1. The maximum atomic E-state index is 13.0. The number of benzene rings is 2. The van der Waals surface area contributed by atoms with Crippen molar-refractivity contribution in [2.24, 2.45) is 0 Å². The predicted molar refractivity (Wildman–Crippen MR) is 102 cm³/mol. The van der Waals surface area contributed by atoms with Gasteiger partial charge in [0.2, 0.25) is 0 Å². The molecule has 0 aromatic heterocycles. The maximum Gasteiger partial charge on any atom is 0.344 e. The van der Waals surface area contributed by atoms with Crippen LogP contribution in [0.25, 0.3) is 0 Å². The lowest BCUT2D eigenvalue weighted by atomic mass is 10.1. The SMILES string of the molecule is Cc1cc(C)c(OCC(=O)O[C@H](C)C(=O)Nc2ccc(F)cc2Cl)c(C)c1. The van der Waals surface area contributed by atoms with Crippen molar-refractivity contribution in [3.63, 3.8) is 0 Å². The first kappa shape index (κ1) is 20.7. The summed E-state index contributed by atoms with van der Waals surface area (Å²) in [5, 5.41) is 2.54. The molecule has 0 spiro atoms. The Hall–Kier alpha value is -2.60. The van der Waals surface area contributed by atoms with Gasteiger partial charge in [0.1, 0.15) is 11.6 Å². The highest BCUT2D eigenvalue weighted by Gasteiger charge is 2.20. The maximum absolute atomic E-state index is 13.0. The quantitative estimate of drug-likeness (QED) is 0.741. The van der Waals surface area contributed by atoms with E-state index in [1.807, 2.05) is 32.9 Å². The number of amides is 1. The van der Waals surface area contributed by atoms with Crippen LogP contribution in [0.3, 0.4) is 0 Å². The predicted octanol–water partition coefficient (Wildman–Crippen LogP) is 4.35. The second-order valence-electron chi connectivity index (χ2n) is 6.26. The second kappa shape index (κ2) is 8.86. The summed E-state index contributed by atoms with van der Waals surface area (Å²) in [7, 11) is 0. The average Bonchev–Trinajstić information content (AvgIpc) is 2.56. The molecule has 0 saturated carbocycles. The number of hydrogen-bond acceptors (Lipinski definition) is 4. The number of halogens is 2. The third-order valence-corrected chi connectivity index (χ3v) is 4.12. The molecule has 2 aromatic carbocycles. The number of aryl methyl sites for hydroxylation is 3. The van der Waals surface area contributed by atoms with Gasteiger partial charge in [0.25, 0.3) is 5.91 Å². The van der Waals surface area contributed by atoms with Crippen molar-refractivity contribution in [2.75, 3.05) is 11.9 Å². The van der Waals surface area contributed by atoms with E-state index in [4.69, 9.17) is 21.1 Å². The van der Waals surface area contributed by atoms with Crippen molar-refractivity contribution < 1.29 is 23.5 Å². The van der Waals surface area contributed by atoms with E-state index >= 15 is 0 Å². The summed E-state index contributed by atoms with van der Waals surface area (Å²) >= 11 is 5.86. The summed E-state index contributed by atoms with van der Waals surface area (Å²) in [6.45, 7) is 6.87. The molecule has 0 saturated heterocycles. The number of hydrogen-bond donors (Lipinski definition) is 1. The van der Waals surface area contributed by atoms with Gasteiger partial charge in [-0.25, -0.2) is 9.18 Å². The number of anilines is 1. The molecular weight excluding hydrogens is 373 g/mol. The van der Waals surface area contributed by atoms with E-state index in [-0.39, 0.29) is 17.3 Å². The molecule has 7 heteroatoms. The molecule has 0 aliphatic heterocycles. The molecule has 0 fully saturated rings. The van der Waals surface area contributed by atoms with Crippen molar-refractivity contribution >= 4 is 29.2 Å². The Morgan fingerprint density at radius 1 is 1.15 bits per heavy atom. The molecule has 0 aliphatic rings. The van der Waals surface area contributed by atoms with E-state index in [1.165, 1.54) is 13.0 Å². The van der Waals surface area contributed by atoms with Gasteiger partial charge in [0, 0.05) is 0 Å². The first-order valence-electron chi connectivity index (χ1n) is 8.33. The van der Waals surface area contributed by atoms with Gasteiger partial charge in [0.15, 0.2) is 12.7 Å². The number of carbonyl (C=O) groups excluding carboxylic acids is 2. The Morgan fingerprint density at radius 3 is 2.37 bits per heavy atom. The number of nitrogens with one attached hydrogen (secondary N) is 1. The van der Waals surface area contributed by atoms with Crippen molar-refractivity contribution in [3.05, 3.63) is 57.9 Å². The van der Waals surface area contributed by atoms with Crippen LogP contribution in [-0.4, -0.2) is 24.6 Å². The zero-order chi connectivity index (χ0) is 20.1. The molecule has 0 aliphatic carbocycles. The highest BCUT2D eigenvalue weighted by Crippen LogP contribution is 2.25. The molecule has 1 N–H and O–H groups in total. The summed E-state index contributed by atoms with van der Waals surface area (Å²) in [5.74, 6) is -1.16. The van der Waals surface area contributed by atoms with Crippen LogP contribution in [-0.2, 0) is 14.3 Å². The van der Waals surface area contributed by atoms with Crippen LogP contribution in [0.15, 0.2) is 30.3 Å². The van der Waals surface area contributed by atoms with Crippen LogP contribution in [0, 0.1) is 26.6 Å². The number of ether oxygens (including phenoxy) is 2. The minimum Gasteiger partial charge on any atom is -0.481 e. The summed E-state index contributed by atoms with van der Waals surface area (Å²) in [4.78, 5) is 24.1. The zero-order valence-electron chi connectivity index (χ0n) is 15.6. The van der Waals surface area contributed by atoms with E-state index in [9.17, 15) is 14.0 Å². The second-order valence-corrected chi connectivity index (χ2v) is 6.67. The van der Waals surface area contributed by atoms with Gasteiger partial charge in [-0.1, -0.05) is 29.3 Å². The highest BCUT2D eigenvalue weighted by atomic mass is 35.5. The smallest absolute Gasteiger partial charge is 0.344 e. The van der Waals surface area contributed by atoms with Crippen molar-refractivity contribution in [1.29, 1.82) is 0 Å². The Morgan fingerprint density at radius 2 is 1.78 bits per heavy atom. The third kappa shape index (κ3) is 5.69. The lowest BCUT2D eigenvalue weighted by molar-refractivity contribution is -0.155. The van der Waals surface area contributed by atoms with E-state index < -0.39 is 23.8 Å². The Bertz CT molecular complexity index is 846. The van der Waals surface area contributed by atoms with Gasteiger partial charge in [-0.15, -0.1) is 0 Å². The largest absolute Gasteiger partial charge is 0.481 e. The monoisotopic (exact) mass is 393 g/mol. The minimum atomic E-state index is -1.07. The third-order valence-electron chi connectivity index (χ3n) is 3.81. The molecule has 0 radical (unpaired) electrons. The van der Waals surface area contributed by atoms with Crippen molar-refractivity contribution in [1.82, 2.24) is 0 Å². The molecule has 1 amide bonds. The van der Waals surface area contributed by atoms with Crippen LogP contribution in [0.5, 0.6) is 5.75 Å². The van der Waals surface area contributed by atoms with Gasteiger partial charge < -0.3 is 14.8 Å². The first-order valence-corrected chi connectivity index (χ1v) is 8.71. The summed E-state index contributed by atoms with van der Waals surface area (Å²) in [6.07, 6.45) is -1.07. The Balaban J connectivity index is 1.90. The molecule has 0 unspecified atom stereocenters. The molecule has 0 heterocycles. The van der Waals surface area contributed by atoms with E-state index in [2.05, 4.69) is 5.32 Å². The van der Waals surface area contributed by atoms with Crippen molar-refractivity contribution in [2.45, 2.75) is 33.8 Å². The van der Waals surface area contributed by atoms with E-state index in [0.29, 0.717) is 5.75 Å². The highest BCUT2D eigenvalue weighted by molar-refractivity contribution is 6.33. The average molecular weight is 394 g/mol. The topological polar surface area (TPSA) is 64.6 Å². The fourth-order valence-electron chi connectivity index (χ4n) is 2.64. The molecule has 5 nitrogen and oxygen atoms in total. The van der Waals surface area contributed by atoms with E-state index in [0.717, 1.165) is 28.8 Å². The molecular formula is C20H21ClFNO4. The molecule has 0 bridgehead atoms. The fourth-order valence-corrected chi connectivity index (χ4v) is 2.85. The number of rotatable bonds is 6. The van der Waals surface area contributed by atoms with Crippen LogP contribution >= 0.6 is 11.6 Å². The van der Waals surface area contributed by atoms with Crippen LogP contribution in [0.2, 0.25) is 5.02 Å². The molecule has 1 atom stereocenters. The number of carbonyl (C=O) groups is 2. The van der Waals surface area contributed by atoms with Crippen LogP contribution in [0.1, 0.15) is 23.6 Å². The minimum absolute atomic E-state index is 0.0514. The number of esters is 1. The molecule has 2 aromatic rings.